The molecule has 2 saturated carbocycles. The second-order valence-corrected chi connectivity index (χ2v) is 5.19. The molecule has 0 spiro atoms. The summed E-state index contributed by atoms with van der Waals surface area (Å²) in [5.74, 6) is 0.808. The summed E-state index contributed by atoms with van der Waals surface area (Å²) in [5, 5.41) is 0. The lowest BCUT2D eigenvalue weighted by Crippen LogP contribution is -2.39. The lowest BCUT2D eigenvalue weighted by molar-refractivity contribution is -0.123. The fourth-order valence-corrected chi connectivity index (χ4v) is 3.00. The van der Waals surface area contributed by atoms with Crippen LogP contribution in [0, 0.1) is 5.92 Å². The molecular weight excluding hydrogens is 174 g/mol. The molecule has 0 atom stereocenters. The largest absolute Gasteiger partial charge is 0.325 e. The molecule has 2 nitrogen and oxygen atoms in total. The first-order valence-electron chi connectivity index (χ1n) is 6.01. The number of Topliss-reactive ketones (excluding diaryl/α,β-unsaturated/α-hetero) is 1. The number of carbonyl (C=O) groups is 1. The van der Waals surface area contributed by atoms with E-state index >= 15 is 0 Å². The average Bonchev–Trinajstić information content (AvgIpc) is 2.74. The molecule has 0 aromatic heterocycles. The zero-order valence-electron chi connectivity index (χ0n) is 8.93. The Bertz CT molecular complexity index is 212. The lowest BCUT2D eigenvalue weighted by atomic mass is 9.87. The van der Waals surface area contributed by atoms with Crippen molar-refractivity contribution in [1.82, 2.24) is 0 Å². The van der Waals surface area contributed by atoms with Gasteiger partial charge in [0.2, 0.25) is 0 Å². The number of carbonyl (C=O) groups excluding carboxylic acids is 1. The van der Waals surface area contributed by atoms with Crippen LogP contribution in [-0.4, -0.2) is 11.3 Å². The van der Waals surface area contributed by atoms with E-state index in [9.17, 15) is 4.79 Å². The van der Waals surface area contributed by atoms with Crippen molar-refractivity contribution < 1.29 is 4.79 Å². The Kier molecular flexibility index (Phi) is 2.91. The molecule has 0 unspecified atom stereocenters. The third kappa shape index (κ3) is 2.17. The summed E-state index contributed by atoms with van der Waals surface area (Å²) >= 11 is 0. The van der Waals surface area contributed by atoms with Gasteiger partial charge in [-0.05, 0) is 25.7 Å². The van der Waals surface area contributed by atoms with E-state index in [-0.39, 0.29) is 5.54 Å². The maximum absolute atomic E-state index is 11.9. The first kappa shape index (κ1) is 10.2. The van der Waals surface area contributed by atoms with Crippen molar-refractivity contribution in [1.29, 1.82) is 0 Å². The number of rotatable bonds is 3. The highest BCUT2D eigenvalue weighted by atomic mass is 16.1. The molecule has 0 saturated heterocycles. The Morgan fingerprint density at radius 3 is 2.29 bits per heavy atom. The summed E-state index contributed by atoms with van der Waals surface area (Å²) in [4.78, 5) is 11.9. The summed E-state index contributed by atoms with van der Waals surface area (Å²) in [6, 6.07) is 0. The summed E-state index contributed by atoms with van der Waals surface area (Å²) in [5.41, 5.74) is 6.08. The highest BCUT2D eigenvalue weighted by Gasteiger charge is 2.34. The van der Waals surface area contributed by atoms with Crippen molar-refractivity contribution in [3.05, 3.63) is 0 Å². The van der Waals surface area contributed by atoms with Crippen LogP contribution < -0.4 is 5.73 Å². The average molecular weight is 195 g/mol. The Labute approximate surface area is 86.2 Å². The molecule has 0 aromatic carbocycles. The van der Waals surface area contributed by atoms with E-state index in [1.54, 1.807) is 0 Å². The molecule has 0 bridgehead atoms. The van der Waals surface area contributed by atoms with Crippen molar-refractivity contribution in [3.8, 4) is 0 Å². The summed E-state index contributed by atoms with van der Waals surface area (Å²) in [6.07, 6.45) is 9.93. The Hall–Kier alpha value is -0.370. The van der Waals surface area contributed by atoms with E-state index in [2.05, 4.69) is 0 Å². The molecule has 2 N–H and O–H groups in total. The number of hydrogen-bond acceptors (Lipinski definition) is 2. The van der Waals surface area contributed by atoms with Gasteiger partial charge in [-0.2, -0.15) is 0 Å². The van der Waals surface area contributed by atoms with E-state index in [4.69, 9.17) is 5.73 Å². The molecular formula is C12H21NO. The first-order chi connectivity index (χ1) is 6.70. The van der Waals surface area contributed by atoms with Crippen molar-refractivity contribution >= 4 is 5.78 Å². The molecule has 2 fully saturated rings. The van der Waals surface area contributed by atoms with Crippen molar-refractivity contribution in [3.63, 3.8) is 0 Å². The van der Waals surface area contributed by atoms with Crippen LogP contribution in [0.1, 0.15) is 57.8 Å². The summed E-state index contributed by atoms with van der Waals surface area (Å²) in [7, 11) is 0. The fourth-order valence-electron chi connectivity index (χ4n) is 3.00. The van der Waals surface area contributed by atoms with Crippen LogP contribution in [0.2, 0.25) is 0 Å². The number of nitrogens with two attached hydrogens (primary N) is 1. The molecule has 14 heavy (non-hydrogen) atoms. The molecule has 0 aliphatic heterocycles. The minimum Gasteiger partial charge on any atom is -0.325 e. The van der Waals surface area contributed by atoms with E-state index in [0.717, 1.165) is 25.7 Å². The number of hydrogen-bond donors (Lipinski definition) is 1. The highest BCUT2D eigenvalue weighted by Crippen LogP contribution is 2.34. The van der Waals surface area contributed by atoms with Crippen molar-refractivity contribution in [2.75, 3.05) is 0 Å². The van der Waals surface area contributed by atoms with Gasteiger partial charge in [-0.1, -0.05) is 25.7 Å². The Balaban J connectivity index is 1.86. The molecule has 2 aliphatic carbocycles. The Morgan fingerprint density at radius 2 is 1.71 bits per heavy atom. The smallest absolute Gasteiger partial charge is 0.137 e. The zero-order chi connectivity index (χ0) is 10.0. The summed E-state index contributed by atoms with van der Waals surface area (Å²) in [6.45, 7) is 0. The van der Waals surface area contributed by atoms with Crippen LogP contribution in [0.5, 0.6) is 0 Å². The van der Waals surface area contributed by atoms with Crippen LogP contribution in [0.25, 0.3) is 0 Å². The van der Waals surface area contributed by atoms with Crippen molar-refractivity contribution in [2.45, 2.75) is 63.3 Å². The maximum Gasteiger partial charge on any atom is 0.137 e. The molecule has 0 heterocycles. The molecule has 0 radical (unpaired) electrons. The van der Waals surface area contributed by atoms with E-state index in [1.165, 1.54) is 25.7 Å². The van der Waals surface area contributed by atoms with Crippen LogP contribution in [0.4, 0.5) is 0 Å². The van der Waals surface area contributed by atoms with Crippen LogP contribution in [-0.2, 0) is 4.79 Å². The number of ketones is 1. The molecule has 0 aromatic rings. The van der Waals surface area contributed by atoms with Crippen LogP contribution >= 0.6 is 0 Å². The first-order valence-corrected chi connectivity index (χ1v) is 6.01. The van der Waals surface area contributed by atoms with Gasteiger partial charge in [0.15, 0.2) is 0 Å². The Morgan fingerprint density at radius 1 is 1.14 bits per heavy atom. The molecule has 2 rings (SSSR count). The SMILES string of the molecule is NC1(CC(=O)C2CCCC2)CCCC1. The molecule has 0 amide bonds. The fraction of sp³-hybridized carbons (Fsp3) is 0.917. The van der Waals surface area contributed by atoms with E-state index in [0.29, 0.717) is 18.1 Å². The van der Waals surface area contributed by atoms with Gasteiger partial charge in [-0.25, -0.2) is 0 Å². The van der Waals surface area contributed by atoms with Gasteiger partial charge >= 0.3 is 0 Å². The van der Waals surface area contributed by atoms with Crippen LogP contribution in [0.3, 0.4) is 0 Å². The van der Waals surface area contributed by atoms with Gasteiger partial charge in [-0.3, -0.25) is 4.79 Å². The lowest BCUT2D eigenvalue weighted by Gasteiger charge is -2.24. The highest BCUT2D eigenvalue weighted by molar-refractivity contribution is 5.82. The molecule has 2 aliphatic rings. The second kappa shape index (κ2) is 4.01. The van der Waals surface area contributed by atoms with E-state index < -0.39 is 0 Å². The van der Waals surface area contributed by atoms with Gasteiger partial charge in [0.25, 0.3) is 0 Å². The standard InChI is InChI=1S/C12H21NO/c13-12(7-3-4-8-12)9-11(14)10-5-1-2-6-10/h10H,1-9,13H2. The predicted molar refractivity (Wildman–Crippen MR) is 57.0 cm³/mol. The van der Waals surface area contributed by atoms with Crippen LogP contribution in [0.15, 0.2) is 0 Å². The van der Waals surface area contributed by atoms with Gasteiger partial charge in [-0.15, -0.1) is 0 Å². The monoisotopic (exact) mass is 195 g/mol. The molecule has 2 heteroatoms. The second-order valence-electron chi connectivity index (χ2n) is 5.19. The molecule has 80 valence electrons. The topological polar surface area (TPSA) is 43.1 Å². The quantitative estimate of drug-likeness (QED) is 0.751. The third-order valence-corrected chi connectivity index (χ3v) is 3.94. The van der Waals surface area contributed by atoms with Gasteiger partial charge in [0.05, 0.1) is 0 Å². The van der Waals surface area contributed by atoms with Gasteiger partial charge < -0.3 is 5.73 Å². The minimum atomic E-state index is -0.125. The third-order valence-electron chi connectivity index (χ3n) is 3.94. The minimum absolute atomic E-state index is 0.125. The normalized spacial score (nSPS) is 26.9. The van der Waals surface area contributed by atoms with Crippen molar-refractivity contribution in [2.24, 2.45) is 11.7 Å². The zero-order valence-corrected chi connectivity index (χ0v) is 8.93. The van der Waals surface area contributed by atoms with E-state index in [1.807, 2.05) is 0 Å². The van der Waals surface area contributed by atoms with Gasteiger partial charge in [0, 0.05) is 17.9 Å². The summed E-state index contributed by atoms with van der Waals surface area (Å²) < 4.78 is 0. The van der Waals surface area contributed by atoms with Gasteiger partial charge in [0.1, 0.15) is 5.78 Å². The predicted octanol–water partition coefficient (Wildman–Crippen LogP) is 2.41. The maximum atomic E-state index is 11.9.